The highest BCUT2D eigenvalue weighted by atomic mass is 35.5. The third kappa shape index (κ3) is 6.63. The first-order valence-electron chi connectivity index (χ1n) is 14.2. The van der Waals surface area contributed by atoms with Crippen molar-refractivity contribution < 1.29 is 9.59 Å². The standard InChI is InChI=1S/C33H38ClN5O2/c1-22-6-9-26(10-7-22)17-36-33(41)39(29-11-8-23(2)30(34)16-29)15-5-14-37-18-27-20-38(21-28(27)19-37)32(40)31-24(3)12-13-35-25(31)4/h6-13,16,20,28H,5,14-15,17-19,21H2,1-4H3,(H,36,41). The molecule has 3 amide bonds. The van der Waals surface area contributed by atoms with Crippen LogP contribution in [0.25, 0.3) is 0 Å². The van der Waals surface area contributed by atoms with Gasteiger partial charge in [0.1, 0.15) is 0 Å². The predicted molar refractivity (Wildman–Crippen MR) is 164 cm³/mol. The van der Waals surface area contributed by atoms with Crippen molar-refractivity contribution in [1.29, 1.82) is 0 Å². The number of benzene rings is 2. The van der Waals surface area contributed by atoms with Gasteiger partial charge in [-0.3, -0.25) is 19.6 Å². The number of amides is 3. The molecule has 214 valence electrons. The molecular weight excluding hydrogens is 534 g/mol. The van der Waals surface area contributed by atoms with Gasteiger partial charge >= 0.3 is 6.03 Å². The smallest absolute Gasteiger partial charge is 0.322 e. The summed E-state index contributed by atoms with van der Waals surface area (Å²) in [5.74, 6) is 0.381. The number of carbonyl (C=O) groups is 2. The molecule has 2 aliphatic heterocycles. The lowest BCUT2D eigenvalue weighted by Gasteiger charge is -2.25. The Hall–Kier alpha value is -3.68. The van der Waals surface area contributed by atoms with Crippen LogP contribution in [-0.4, -0.2) is 59.4 Å². The van der Waals surface area contributed by atoms with Crippen molar-refractivity contribution in [3.63, 3.8) is 0 Å². The highest BCUT2D eigenvalue weighted by Crippen LogP contribution is 2.31. The van der Waals surface area contributed by atoms with Crippen LogP contribution in [0.4, 0.5) is 10.5 Å². The molecule has 0 aliphatic carbocycles. The number of urea groups is 1. The minimum atomic E-state index is -0.137. The molecular formula is C33H38ClN5O2. The summed E-state index contributed by atoms with van der Waals surface area (Å²) < 4.78 is 0. The number of halogens is 1. The van der Waals surface area contributed by atoms with Crippen LogP contribution >= 0.6 is 11.6 Å². The number of aromatic nitrogens is 1. The normalized spacial score (nSPS) is 16.5. The van der Waals surface area contributed by atoms with E-state index in [0.29, 0.717) is 36.1 Å². The number of carbonyl (C=O) groups excluding carboxylic acids is 2. The maximum absolute atomic E-state index is 13.3. The Morgan fingerprint density at radius 2 is 1.80 bits per heavy atom. The number of nitrogens with one attached hydrogen (secondary N) is 1. The van der Waals surface area contributed by atoms with Gasteiger partial charge in [0.25, 0.3) is 5.91 Å². The van der Waals surface area contributed by atoms with Gasteiger partial charge in [0.2, 0.25) is 0 Å². The summed E-state index contributed by atoms with van der Waals surface area (Å²) in [5.41, 5.74) is 7.76. The molecule has 8 heteroatoms. The lowest BCUT2D eigenvalue weighted by Crippen LogP contribution is -2.41. The number of likely N-dealkylation sites (tertiary alicyclic amines) is 1. The van der Waals surface area contributed by atoms with Crippen LogP contribution in [0.2, 0.25) is 5.02 Å². The van der Waals surface area contributed by atoms with E-state index in [4.69, 9.17) is 11.6 Å². The number of rotatable bonds is 8. The van der Waals surface area contributed by atoms with Crippen LogP contribution in [0.3, 0.4) is 0 Å². The third-order valence-electron chi connectivity index (χ3n) is 8.10. The van der Waals surface area contributed by atoms with Crippen LogP contribution in [0.15, 0.2) is 66.5 Å². The summed E-state index contributed by atoms with van der Waals surface area (Å²) in [7, 11) is 0. The van der Waals surface area contributed by atoms with Crippen molar-refractivity contribution in [2.75, 3.05) is 37.6 Å². The number of nitrogens with zero attached hydrogens (tertiary/aromatic N) is 4. The predicted octanol–water partition coefficient (Wildman–Crippen LogP) is 6.05. The highest BCUT2D eigenvalue weighted by molar-refractivity contribution is 6.31. The topological polar surface area (TPSA) is 68.8 Å². The SMILES string of the molecule is Cc1ccc(CNC(=O)N(CCCN2CC3=CN(C(=O)c4c(C)ccnc4C)CC3C2)c2ccc(C)c(Cl)c2)cc1. The van der Waals surface area contributed by atoms with Crippen molar-refractivity contribution in [3.8, 4) is 0 Å². The Bertz CT molecular complexity index is 1450. The molecule has 41 heavy (non-hydrogen) atoms. The molecule has 0 bridgehead atoms. The fourth-order valence-electron chi connectivity index (χ4n) is 5.69. The molecule has 2 aromatic carbocycles. The lowest BCUT2D eigenvalue weighted by atomic mass is 10.1. The van der Waals surface area contributed by atoms with Gasteiger partial charge in [-0.05, 0) is 74.6 Å². The second kappa shape index (κ2) is 12.5. The minimum Gasteiger partial charge on any atom is -0.334 e. The van der Waals surface area contributed by atoms with E-state index in [0.717, 1.165) is 54.1 Å². The summed E-state index contributed by atoms with van der Waals surface area (Å²) in [6, 6.07) is 15.7. The van der Waals surface area contributed by atoms with Gasteiger partial charge < -0.3 is 10.2 Å². The zero-order chi connectivity index (χ0) is 29.1. The summed E-state index contributed by atoms with van der Waals surface area (Å²) in [5, 5.41) is 3.73. The fraction of sp³-hybridized carbons (Fsp3) is 0.364. The Balaban J connectivity index is 1.19. The molecule has 1 fully saturated rings. The van der Waals surface area contributed by atoms with Crippen LogP contribution in [0.5, 0.6) is 0 Å². The first-order valence-corrected chi connectivity index (χ1v) is 14.6. The largest absolute Gasteiger partial charge is 0.334 e. The fourth-order valence-corrected chi connectivity index (χ4v) is 5.87. The summed E-state index contributed by atoms with van der Waals surface area (Å²) >= 11 is 6.43. The monoisotopic (exact) mass is 571 g/mol. The van der Waals surface area contributed by atoms with Gasteiger partial charge in [-0.15, -0.1) is 0 Å². The summed E-state index contributed by atoms with van der Waals surface area (Å²) in [4.78, 5) is 36.9. The molecule has 5 rings (SSSR count). The molecule has 1 saturated heterocycles. The van der Waals surface area contributed by atoms with Gasteiger partial charge in [-0.25, -0.2) is 4.79 Å². The van der Waals surface area contributed by atoms with E-state index in [9.17, 15) is 9.59 Å². The molecule has 0 radical (unpaired) electrons. The highest BCUT2D eigenvalue weighted by Gasteiger charge is 2.36. The zero-order valence-corrected chi connectivity index (χ0v) is 25.0. The Kier molecular flexibility index (Phi) is 8.76. The molecule has 7 nitrogen and oxygen atoms in total. The Morgan fingerprint density at radius 3 is 2.51 bits per heavy atom. The van der Waals surface area contributed by atoms with Crippen molar-refractivity contribution in [2.24, 2.45) is 5.92 Å². The molecule has 3 heterocycles. The number of fused-ring (bicyclic) bond motifs is 1. The van der Waals surface area contributed by atoms with Crippen molar-refractivity contribution in [3.05, 3.63) is 105 Å². The average Bonchev–Trinajstić information content (AvgIpc) is 3.51. The first-order chi connectivity index (χ1) is 19.7. The molecule has 2 aliphatic rings. The third-order valence-corrected chi connectivity index (χ3v) is 8.51. The van der Waals surface area contributed by atoms with Gasteiger partial charge in [0.15, 0.2) is 0 Å². The van der Waals surface area contributed by atoms with Gasteiger partial charge in [-0.1, -0.05) is 47.5 Å². The number of hydrogen-bond acceptors (Lipinski definition) is 4. The first kappa shape index (κ1) is 28.8. The van der Waals surface area contributed by atoms with E-state index in [1.54, 1.807) is 11.1 Å². The van der Waals surface area contributed by atoms with Crippen LogP contribution in [-0.2, 0) is 6.54 Å². The molecule has 1 atom stereocenters. The van der Waals surface area contributed by atoms with E-state index < -0.39 is 0 Å². The second-order valence-corrected chi connectivity index (χ2v) is 11.7. The maximum Gasteiger partial charge on any atom is 0.322 e. The van der Waals surface area contributed by atoms with E-state index in [2.05, 4.69) is 34.3 Å². The molecule has 0 spiro atoms. The Morgan fingerprint density at radius 1 is 1.02 bits per heavy atom. The molecule has 1 aromatic heterocycles. The zero-order valence-electron chi connectivity index (χ0n) is 24.3. The molecule has 3 aromatic rings. The average molecular weight is 572 g/mol. The van der Waals surface area contributed by atoms with Crippen LogP contribution < -0.4 is 10.2 Å². The summed E-state index contributed by atoms with van der Waals surface area (Å²) in [6.07, 6.45) is 4.61. The van der Waals surface area contributed by atoms with E-state index >= 15 is 0 Å². The number of hydrogen-bond donors (Lipinski definition) is 1. The van der Waals surface area contributed by atoms with Crippen molar-refractivity contribution in [2.45, 2.75) is 40.7 Å². The quantitative estimate of drug-likeness (QED) is 0.357. The van der Waals surface area contributed by atoms with Gasteiger partial charge in [-0.2, -0.15) is 0 Å². The maximum atomic E-state index is 13.3. The number of pyridine rings is 1. The van der Waals surface area contributed by atoms with Gasteiger partial charge in [0, 0.05) is 68.3 Å². The van der Waals surface area contributed by atoms with Crippen LogP contribution in [0.1, 0.15) is 44.7 Å². The Labute approximate surface area is 247 Å². The molecule has 0 saturated carbocycles. The van der Waals surface area contributed by atoms with Gasteiger partial charge in [0.05, 0.1) is 11.3 Å². The van der Waals surface area contributed by atoms with E-state index in [1.807, 2.05) is 68.3 Å². The van der Waals surface area contributed by atoms with E-state index in [1.165, 1.54) is 11.1 Å². The second-order valence-electron chi connectivity index (χ2n) is 11.3. The lowest BCUT2D eigenvalue weighted by molar-refractivity contribution is 0.0818. The molecule has 1 N–H and O–H groups in total. The molecule has 1 unspecified atom stereocenters. The number of aryl methyl sites for hydroxylation is 4. The van der Waals surface area contributed by atoms with E-state index in [-0.39, 0.29) is 11.9 Å². The summed E-state index contributed by atoms with van der Waals surface area (Å²) in [6.45, 7) is 12.2. The van der Waals surface area contributed by atoms with Crippen LogP contribution in [0, 0.1) is 33.6 Å². The minimum absolute atomic E-state index is 0.0330. The van der Waals surface area contributed by atoms with Crippen molar-refractivity contribution >= 4 is 29.2 Å². The number of anilines is 1. The van der Waals surface area contributed by atoms with Crippen molar-refractivity contribution in [1.82, 2.24) is 20.1 Å².